The monoisotopic (exact) mass is 396 g/mol. The third-order valence-corrected chi connectivity index (χ3v) is 4.77. The lowest BCUT2D eigenvalue weighted by Crippen LogP contribution is -2.25. The van der Waals surface area contributed by atoms with Crippen LogP contribution in [0.4, 0.5) is 5.69 Å². The molecule has 0 radical (unpaired) electrons. The fourth-order valence-corrected chi connectivity index (χ4v) is 2.81. The van der Waals surface area contributed by atoms with Crippen LogP contribution in [0, 0.1) is 6.92 Å². The molecule has 1 heterocycles. The van der Waals surface area contributed by atoms with E-state index in [2.05, 4.69) is 21.2 Å². The third kappa shape index (κ3) is 4.06. The first-order valence-corrected chi connectivity index (χ1v) is 8.65. The Morgan fingerprint density at radius 3 is 2.52 bits per heavy atom. The highest BCUT2D eigenvalue weighted by molar-refractivity contribution is 9.10. The summed E-state index contributed by atoms with van der Waals surface area (Å²) in [5.74, 6) is -1.20. The molecule has 0 atom stereocenters. The zero-order valence-electron chi connectivity index (χ0n) is 13.7. The lowest BCUT2D eigenvalue weighted by Gasteiger charge is -2.10. The van der Waals surface area contributed by atoms with Gasteiger partial charge in [0.25, 0.3) is 11.7 Å². The molecule has 0 unspecified atom stereocenters. The Kier molecular flexibility index (Phi) is 5.14. The van der Waals surface area contributed by atoms with E-state index in [0.29, 0.717) is 17.9 Å². The molecule has 0 saturated carbocycles. The Hall–Kier alpha value is -2.66. The van der Waals surface area contributed by atoms with Crippen LogP contribution in [0.15, 0.2) is 71.3 Å². The molecule has 4 nitrogen and oxygen atoms in total. The molecule has 3 aromatic rings. The van der Waals surface area contributed by atoms with E-state index in [0.717, 1.165) is 15.6 Å². The van der Waals surface area contributed by atoms with Crippen LogP contribution in [0.25, 0.3) is 0 Å². The normalized spacial score (nSPS) is 10.5. The Morgan fingerprint density at radius 1 is 1.04 bits per heavy atom. The van der Waals surface area contributed by atoms with Crippen LogP contribution in [0.5, 0.6) is 0 Å². The second-order valence-electron chi connectivity index (χ2n) is 5.75. The molecule has 1 aromatic heterocycles. The summed E-state index contributed by atoms with van der Waals surface area (Å²) >= 11 is 3.41. The standard InChI is InChI=1S/C20H17BrN2O2/c1-14-12-16(9-10-17(14)21)22-20(25)19(24)18-8-5-11-23(18)13-15-6-3-2-4-7-15/h2-12H,13H2,1H3,(H,22,25). The molecule has 2 aromatic carbocycles. The Bertz CT molecular complexity index is 916. The molecule has 1 amide bonds. The average molecular weight is 397 g/mol. The van der Waals surface area contributed by atoms with Gasteiger partial charge in [0, 0.05) is 22.9 Å². The number of hydrogen-bond acceptors (Lipinski definition) is 2. The van der Waals surface area contributed by atoms with Crippen molar-refractivity contribution in [3.05, 3.63) is 88.2 Å². The van der Waals surface area contributed by atoms with Crippen molar-refractivity contribution < 1.29 is 9.59 Å². The second kappa shape index (κ2) is 7.49. The largest absolute Gasteiger partial charge is 0.340 e. The van der Waals surface area contributed by atoms with Crippen molar-refractivity contribution in [2.24, 2.45) is 0 Å². The highest BCUT2D eigenvalue weighted by atomic mass is 79.9. The van der Waals surface area contributed by atoms with Gasteiger partial charge in [-0.15, -0.1) is 0 Å². The average Bonchev–Trinajstić information content (AvgIpc) is 3.06. The van der Waals surface area contributed by atoms with Crippen molar-refractivity contribution in [3.8, 4) is 0 Å². The van der Waals surface area contributed by atoms with E-state index >= 15 is 0 Å². The third-order valence-electron chi connectivity index (χ3n) is 3.88. The van der Waals surface area contributed by atoms with Crippen LogP contribution in [0.2, 0.25) is 0 Å². The van der Waals surface area contributed by atoms with Crippen LogP contribution in [-0.2, 0) is 11.3 Å². The fraction of sp³-hybridized carbons (Fsp3) is 0.100. The van der Waals surface area contributed by atoms with Crippen LogP contribution >= 0.6 is 15.9 Å². The van der Waals surface area contributed by atoms with Gasteiger partial charge in [0.15, 0.2) is 0 Å². The number of aromatic nitrogens is 1. The van der Waals surface area contributed by atoms with Gasteiger partial charge in [0.2, 0.25) is 0 Å². The molecule has 5 heteroatoms. The van der Waals surface area contributed by atoms with Gasteiger partial charge in [-0.1, -0.05) is 46.3 Å². The van der Waals surface area contributed by atoms with Crippen LogP contribution in [0.3, 0.4) is 0 Å². The summed E-state index contributed by atoms with van der Waals surface area (Å²) in [6, 6.07) is 18.7. The number of halogens is 1. The van der Waals surface area contributed by atoms with Crippen molar-refractivity contribution in [2.45, 2.75) is 13.5 Å². The highest BCUT2D eigenvalue weighted by Gasteiger charge is 2.20. The number of benzene rings is 2. The molecule has 0 bridgehead atoms. The molecule has 0 spiro atoms. The number of nitrogens with zero attached hydrogens (tertiary/aromatic N) is 1. The number of carbonyl (C=O) groups excluding carboxylic acids is 2. The molecule has 0 saturated heterocycles. The topological polar surface area (TPSA) is 51.1 Å². The van der Waals surface area contributed by atoms with Crippen molar-refractivity contribution in [2.75, 3.05) is 5.32 Å². The van der Waals surface area contributed by atoms with E-state index in [1.54, 1.807) is 29.0 Å². The number of carbonyl (C=O) groups is 2. The maximum absolute atomic E-state index is 12.5. The molecule has 1 N–H and O–H groups in total. The number of anilines is 1. The Morgan fingerprint density at radius 2 is 1.80 bits per heavy atom. The lowest BCUT2D eigenvalue weighted by atomic mass is 10.2. The lowest BCUT2D eigenvalue weighted by molar-refractivity contribution is -0.112. The first kappa shape index (κ1) is 17.2. The summed E-state index contributed by atoms with van der Waals surface area (Å²) in [5, 5.41) is 2.67. The van der Waals surface area contributed by atoms with Crippen molar-refractivity contribution in [1.82, 2.24) is 4.57 Å². The van der Waals surface area contributed by atoms with Crippen molar-refractivity contribution in [3.63, 3.8) is 0 Å². The molecular formula is C20H17BrN2O2. The van der Waals surface area contributed by atoms with E-state index in [1.807, 2.05) is 49.4 Å². The minimum atomic E-state index is -0.644. The van der Waals surface area contributed by atoms with Gasteiger partial charge >= 0.3 is 0 Å². The van der Waals surface area contributed by atoms with Gasteiger partial charge in [0.05, 0.1) is 5.69 Å². The van der Waals surface area contributed by atoms with Gasteiger partial charge in [-0.25, -0.2) is 0 Å². The second-order valence-corrected chi connectivity index (χ2v) is 6.61. The highest BCUT2D eigenvalue weighted by Crippen LogP contribution is 2.20. The summed E-state index contributed by atoms with van der Waals surface area (Å²) in [6.07, 6.45) is 1.80. The SMILES string of the molecule is Cc1cc(NC(=O)C(=O)c2cccn2Cc2ccccc2)ccc1Br. The van der Waals surface area contributed by atoms with Gasteiger partial charge in [-0.2, -0.15) is 0 Å². The van der Waals surface area contributed by atoms with Crippen molar-refractivity contribution in [1.29, 1.82) is 0 Å². The smallest absolute Gasteiger partial charge is 0.298 e. The predicted octanol–water partition coefficient (Wildman–Crippen LogP) is 4.43. The van der Waals surface area contributed by atoms with Gasteiger partial charge in [0.1, 0.15) is 0 Å². The summed E-state index contributed by atoms with van der Waals surface area (Å²) in [4.78, 5) is 24.9. The number of rotatable bonds is 5. The summed E-state index contributed by atoms with van der Waals surface area (Å²) in [5.41, 5.74) is 3.02. The molecule has 0 aliphatic carbocycles. The molecule has 126 valence electrons. The van der Waals surface area contributed by atoms with Crippen LogP contribution in [0.1, 0.15) is 21.6 Å². The first-order valence-electron chi connectivity index (χ1n) is 7.85. The van der Waals surface area contributed by atoms with Gasteiger partial charge < -0.3 is 9.88 Å². The van der Waals surface area contributed by atoms with Gasteiger partial charge in [-0.3, -0.25) is 9.59 Å². The minimum absolute atomic E-state index is 0.371. The molecule has 25 heavy (non-hydrogen) atoms. The number of aryl methyl sites for hydroxylation is 1. The van der Waals surface area contributed by atoms with Crippen LogP contribution < -0.4 is 5.32 Å². The van der Waals surface area contributed by atoms with Crippen molar-refractivity contribution >= 4 is 33.3 Å². The summed E-state index contributed by atoms with van der Waals surface area (Å²) in [6.45, 7) is 2.46. The minimum Gasteiger partial charge on any atom is -0.340 e. The van der Waals surface area contributed by atoms with E-state index in [-0.39, 0.29) is 0 Å². The molecule has 3 rings (SSSR count). The van der Waals surface area contributed by atoms with E-state index in [9.17, 15) is 9.59 Å². The predicted molar refractivity (Wildman–Crippen MR) is 102 cm³/mol. The number of nitrogens with one attached hydrogen (secondary N) is 1. The quantitative estimate of drug-likeness (QED) is 0.512. The van der Waals surface area contributed by atoms with Crippen LogP contribution in [-0.4, -0.2) is 16.3 Å². The number of amides is 1. The summed E-state index contributed by atoms with van der Waals surface area (Å²) < 4.78 is 2.73. The number of ketones is 1. The maximum atomic E-state index is 12.5. The van der Waals surface area contributed by atoms with E-state index in [4.69, 9.17) is 0 Å². The number of Topliss-reactive ketones (excluding diaryl/α,β-unsaturated/α-hetero) is 1. The zero-order chi connectivity index (χ0) is 17.8. The number of hydrogen-bond donors (Lipinski definition) is 1. The zero-order valence-corrected chi connectivity index (χ0v) is 15.3. The molecule has 0 fully saturated rings. The summed E-state index contributed by atoms with van der Waals surface area (Å²) in [7, 11) is 0. The Labute approximate surface area is 154 Å². The molecule has 0 aliphatic heterocycles. The molecule has 0 aliphatic rings. The fourth-order valence-electron chi connectivity index (χ4n) is 2.56. The van der Waals surface area contributed by atoms with E-state index in [1.165, 1.54) is 0 Å². The maximum Gasteiger partial charge on any atom is 0.298 e. The van der Waals surface area contributed by atoms with E-state index < -0.39 is 11.7 Å². The molecular weight excluding hydrogens is 380 g/mol. The Balaban J connectivity index is 1.75. The first-order chi connectivity index (χ1) is 12.0. The van der Waals surface area contributed by atoms with Gasteiger partial charge in [-0.05, 0) is 48.4 Å².